The second-order valence-corrected chi connectivity index (χ2v) is 4.47. The van der Waals surface area contributed by atoms with Gasteiger partial charge >= 0.3 is 5.97 Å². The Morgan fingerprint density at radius 3 is 2.94 bits per heavy atom. The molecule has 6 heteroatoms. The molecule has 0 amide bonds. The van der Waals surface area contributed by atoms with Crippen molar-refractivity contribution in [3.8, 4) is 0 Å². The summed E-state index contributed by atoms with van der Waals surface area (Å²) in [6.45, 7) is 0. The van der Waals surface area contributed by atoms with Crippen LogP contribution in [-0.4, -0.2) is 18.1 Å². The fraction of sp³-hybridized carbons (Fsp3) is 0.167. The second kappa shape index (κ2) is 5.59. The molecule has 5 nitrogen and oxygen atoms in total. The minimum atomic E-state index is -0.475. The fourth-order valence-corrected chi connectivity index (χ4v) is 2.02. The number of ether oxygens (including phenoxy) is 1. The van der Waals surface area contributed by atoms with Crippen LogP contribution in [-0.2, 0) is 10.5 Å². The van der Waals surface area contributed by atoms with Crippen molar-refractivity contribution in [2.45, 2.75) is 10.8 Å². The van der Waals surface area contributed by atoms with Crippen molar-refractivity contribution in [1.82, 2.24) is 4.98 Å². The Labute approximate surface area is 108 Å². The molecular formula is C12H12N2O3S. The maximum absolute atomic E-state index is 11.2. The summed E-state index contributed by atoms with van der Waals surface area (Å²) in [4.78, 5) is 15.3. The van der Waals surface area contributed by atoms with Gasteiger partial charge in [-0.15, -0.1) is 0 Å². The van der Waals surface area contributed by atoms with Gasteiger partial charge in [0.1, 0.15) is 5.76 Å². The first kappa shape index (κ1) is 12.5. The van der Waals surface area contributed by atoms with E-state index in [0.29, 0.717) is 17.2 Å². The summed E-state index contributed by atoms with van der Waals surface area (Å²) in [5, 5.41) is 0.847. The normalized spacial score (nSPS) is 10.3. The highest BCUT2D eigenvalue weighted by molar-refractivity contribution is 7.98. The van der Waals surface area contributed by atoms with Crippen molar-refractivity contribution in [2.24, 2.45) is 0 Å². The van der Waals surface area contributed by atoms with Crippen LogP contribution >= 0.6 is 11.8 Å². The lowest BCUT2D eigenvalue weighted by molar-refractivity contribution is 0.0563. The number of hydrogen-bond donors (Lipinski definition) is 1. The summed E-state index contributed by atoms with van der Waals surface area (Å²) in [7, 11) is 1.32. The van der Waals surface area contributed by atoms with E-state index in [1.54, 1.807) is 24.4 Å². The SMILES string of the molecule is COC(=O)c1ccc(CSc2ccc(N)cn2)o1. The van der Waals surface area contributed by atoms with E-state index in [0.717, 1.165) is 5.03 Å². The standard InChI is InChI=1S/C12H12N2O3S/c1-16-12(15)10-4-3-9(17-10)7-18-11-5-2-8(13)6-14-11/h2-6H,7,13H2,1H3. The van der Waals surface area contributed by atoms with Gasteiger partial charge in [0.2, 0.25) is 5.76 Å². The minimum Gasteiger partial charge on any atom is -0.463 e. The van der Waals surface area contributed by atoms with E-state index in [-0.39, 0.29) is 5.76 Å². The van der Waals surface area contributed by atoms with Gasteiger partial charge in [-0.25, -0.2) is 9.78 Å². The number of anilines is 1. The molecule has 0 aliphatic heterocycles. The van der Waals surface area contributed by atoms with E-state index in [1.165, 1.54) is 18.9 Å². The van der Waals surface area contributed by atoms with Crippen molar-refractivity contribution in [2.75, 3.05) is 12.8 Å². The molecule has 0 aliphatic carbocycles. The average Bonchev–Trinajstić information content (AvgIpc) is 2.86. The number of carbonyl (C=O) groups is 1. The van der Waals surface area contributed by atoms with Crippen LogP contribution in [0.1, 0.15) is 16.3 Å². The van der Waals surface area contributed by atoms with E-state index >= 15 is 0 Å². The third kappa shape index (κ3) is 3.04. The molecule has 2 N–H and O–H groups in total. The molecule has 0 fully saturated rings. The van der Waals surface area contributed by atoms with Crippen LogP contribution in [0.4, 0.5) is 5.69 Å². The summed E-state index contributed by atoms with van der Waals surface area (Å²) in [5.41, 5.74) is 6.17. The molecule has 0 spiro atoms. The quantitative estimate of drug-likeness (QED) is 0.674. The zero-order valence-corrected chi connectivity index (χ0v) is 10.6. The van der Waals surface area contributed by atoms with Crippen LogP contribution in [0.2, 0.25) is 0 Å². The van der Waals surface area contributed by atoms with E-state index < -0.39 is 5.97 Å². The summed E-state index contributed by atoms with van der Waals surface area (Å²) >= 11 is 1.50. The number of thioether (sulfide) groups is 1. The van der Waals surface area contributed by atoms with Crippen molar-refractivity contribution in [3.63, 3.8) is 0 Å². The second-order valence-electron chi connectivity index (χ2n) is 3.48. The van der Waals surface area contributed by atoms with Gasteiger partial charge in [-0.1, -0.05) is 11.8 Å². The molecule has 0 saturated carbocycles. The van der Waals surface area contributed by atoms with Gasteiger partial charge in [0.25, 0.3) is 0 Å². The number of esters is 1. The Morgan fingerprint density at radius 2 is 2.28 bits per heavy atom. The monoisotopic (exact) mass is 264 g/mol. The number of carbonyl (C=O) groups excluding carboxylic acids is 1. The lowest BCUT2D eigenvalue weighted by atomic mass is 10.4. The van der Waals surface area contributed by atoms with Crippen LogP contribution in [0.3, 0.4) is 0 Å². The third-order valence-corrected chi connectivity index (χ3v) is 3.14. The van der Waals surface area contributed by atoms with Crippen molar-refractivity contribution in [1.29, 1.82) is 0 Å². The molecule has 0 atom stereocenters. The maximum atomic E-state index is 11.2. The number of aromatic nitrogens is 1. The number of hydrogen-bond acceptors (Lipinski definition) is 6. The summed E-state index contributed by atoms with van der Waals surface area (Å²) in [6, 6.07) is 6.97. The number of pyridine rings is 1. The highest BCUT2D eigenvalue weighted by Crippen LogP contribution is 2.22. The Bertz CT molecular complexity index is 537. The van der Waals surface area contributed by atoms with Gasteiger partial charge in [-0.3, -0.25) is 0 Å². The maximum Gasteiger partial charge on any atom is 0.373 e. The van der Waals surface area contributed by atoms with Crippen molar-refractivity contribution < 1.29 is 13.9 Å². The lowest BCUT2D eigenvalue weighted by Crippen LogP contribution is -1.98. The predicted molar refractivity (Wildman–Crippen MR) is 68.3 cm³/mol. The minimum absolute atomic E-state index is 0.207. The Hall–Kier alpha value is -1.95. The van der Waals surface area contributed by atoms with Crippen LogP contribution in [0.15, 0.2) is 39.9 Å². The average molecular weight is 264 g/mol. The van der Waals surface area contributed by atoms with Crippen molar-refractivity contribution >= 4 is 23.4 Å². The summed E-state index contributed by atoms with van der Waals surface area (Å²) < 4.78 is 9.89. The van der Waals surface area contributed by atoms with E-state index in [9.17, 15) is 4.79 Å². The van der Waals surface area contributed by atoms with Gasteiger partial charge in [0.05, 0.1) is 29.8 Å². The van der Waals surface area contributed by atoms with Gasteiger partial charge < -0.3 is 14.9 Å². The van der Waals surface area contributed by atoms with Crippen LogP contribution < -0.4 is 5.73 Å². The highest BCUT2D eigenvalue weighted by atomic mass is 32.2. The predicted octanol–water partition coefficient (Wildman–Crippen LogP) is 2.34. The molecular weight excluding hydrogens is 252 g/mol. The van der Waals surface area contributed by atoms with Crippen LogP contribution in [0.25, 0.3) is 0 Å². The highest BCUT2D eigenvalue weighted by Gasteiger charge is 2.11. The van der Waals surface area contributed by atoms with Gasteiger partial charge in [0, 0.05) is 0 Å². The third-order valence-electron chi connectivity index (χ3n) is 2.17. The molecule has 2 heterocycles. The molecule has 94 valence electrons. The Balaban J connectivity index is 1.96. The van der Waals surface area contributed by atoms with E-state index in [1.807, 2.05) is 6.07 Å². The van der Waals surface area contributed by atoms with Crippen LogP contribution in [0, 0.1) is 0 Å². The molecule has 0 aliphatic rings. The Morgan fingerprint density at radius 1 is 1.44 bits per heavy atom. The number of rotatable bonds is 4. The molecule has 2 aromatic heterocycles. The first-order valence-electron chi connectivity index (χ1n) is 5.20. The molecule has 18 heavy (non-hydrogen) atoms. The van der Waals surface area contributed by atoms with E-state index in [4.69, 9.17) is 10.2 Å². The zero-order valence-electron chi connectivity index (χ0n) is 9.75. The molecule has 0 aromatic carbocycles. The molecule has 2 aromatic rings. The molecule has 2 rings (SSSR count). The van der Waals surface area contributed by atoms with E-state index in [2.05, 4.69) is 9.72 Å². The lowest BCUT2D eigenvalue weighted by Gasteiger charge is -1.99. The number of methoxy groups -OCH3 is 1. The topological polar surface area (TPSA) is 78.4 Å². The smallest absolute Gasteiger partial charge is 0.373 e. The van der Waals surface area contributed by atoms with Crippen molar-refractivity contribution in [3.05, 3.63) is 42.0 Å². The van der Waals surface area contributed by atoms with Gasteiger partial charge in [-0.05, 0) is 24.3 Å². The largest absolute Gasteiger partial charge is 0.463 e. The fourth-order valence-electron chi connectivity index (χ4n) is 1.29. The number of nitrogens with two attached hydrogens (primary N) is 1. The molecule has 0 radical (unpaired) electrons. The number of nitrogens with zero attached hydrogens (tertiary/aromatic N) is 1. The van der Waals surface area contributed by atoms with Crippen LogP contribution in [0.5, 0.6) is 0 Å². The molecule has 0 bridgehead atoms. The summed E-state index contributed by atoms with van der Waals surface area (Å²) in [6.07, 6.45) is 1.60. The first-order chi connectivity index (χ1) is 8.69. The Kier molecular flexibility index (Phi) is 3.88. The van der Waals surface area contributed by atoms with Gasteiger partial charge in [0.15, 0.2) is 0 Å². The zero-order chi connectivity index (χ0) is 13.0. The van der Waals surface area contributed by atoms with Gasteiger partial charge in [-0.2, -0.15) is 0 Å². The first-order valence-corrected chi connectivity index (χ1v) is 6.19. The molecule has 0 unspecified atom stereocenters. The number of furan rings is 1. The summed E-state index contributed by atoms with van der Waals surface area (Å²) in [5.74, 6) is 1.02. The number of nitrogen functional groups attached to an aromatic ring is 1. The molecule has 0 saturated heterocycles.